The highest BCUT2D eigenvalue weighted by Crippen LogP contribution is 2.38. The Balaban J connectivity index is 2.43. The molecule has 0 aromatic heterocycles. The Bertz CT molecular complexity index is 715. The van der Waals surface area contributed by atoms with Crippen molar-refractivity contribution in [2.75, 3.05) is 6.54 Å². The SMILES string of the molecule is CC1(C)OB(C(=Cc2ccccc2S(=O)(=O)F)CN)OC1(C)C. The van der Waals surface area contributed by atoms with Crippen molar-refractivity contribution >= 4 is 23.4 Å². The summed E-state index contributed by atoms with van der Waals surface area (Å²) in [7, 11) is -5.53. The molecule has 1 heterocycles. The van der Waals surface area contributed by atoms with Crippen molar-refractivity contribution in [2.24, 2.45) is 5.73 Å². The fourth-order valence-electron chi connectivity index (χ4n) is 2.24. The van der Waals surface area contributed by atoms with Crippen LogP contribution >= 0.6 is 0 Å². The van der Waals surface area contributed by atoms with Crippen LogP contribution in [-0.4, -0.2) is 33.3 Å². The van der Waals surface area contributed by atoms with E-state index in [0.29, 0.717) is 5.47 Å². The molecule has 8 heteroatoms. The first kappa shape index (κ1) is 18.1. The second-order valence-corrected chi connectivity index (χ2v) is 7.80. The predicted molar refractivity (Wildman–Crippen MR) is 87.8 cm³/mol. The molecule has 0 unspecified atom stereocenters. The quantitative estimate of drug-likeness (QED) is 0.672. The third-order valence-electron chi connectivity index (χ3n) is 4.31. The molecule has 1 fully saturated rings. The summed E-state index contributed by atoms with van der Waals surface area (Å²) in [5.41, 5.74) is 5.43. The molecule has 23 heavy (non-hydrogen) atoms. The standard InChI is InChI=1S/C15H21BFNO4S/c1-14(2)15(3,4)22-16(21-14)12(10-18)9-11-7-5-6-8-13(11)23(17,19)20/h5-9H,10,18H2,1-4H3. The molecule has 2 rings (SSSR count). The van der Waals surface area contributed by atoms with Gasteiger partial charge in [0.15, 0.2) is 0 Å². The normalized spacial score (nSPS) is 20.8. The van der Waals surface area contributed by atoms with Crippen LogP contribution in [0.5, 0.6) is 0 Å². The van der Waals surface area contributed by atoms with E-state index in [1.54, 1.807) is 6.07 Å². The number of rotatable bonds is 4. The van der Waals surface area contributed by atoms with E-state index in [9.17, 15) is 12.3 Å². The first-order valence-corrected chi connectivity index (χ1v) is 8.66. The number of nitrogens with two attached hydrogens (primary N) is 1. The Labute approximate surface area is 137 Å². The zero-order chi connectivity index (χ0) is 17.5. The van der Waals surface area contributed by atoms with Crippen LogP contribution in [0.25, 0.3) is 6.08 Å². The van der Waals surface area contributed by atoms with Crippen LogP contribution in [-0.2, 0) is 19.5 Å². The zero-order valence-corrected chi connectivity index (χ0v) is 14.5. The maximum Gasteiger partial charge on any atom is 0.491 e. The molecule has 0 spiro atoms. The molecule has 0 saturated carbocycles. The average molecular weight is 341 g/mol. The fourth-order valence-corrected chi connectivity index (χ4v) is 2.89. The minimum atomic E-state index is -4.82. The van der Waals surface area contributed by atoms with Gasteiger partial charge < -0.3 is 15.0 Å². The largest absolute Gasteiger partial charge is 0.491 e. The third-order valence-corrected chi connectivity index (χ3v) is 5.21. The summed E-state index contributed by atoms with van der Waals surface area (Å²) in [5, 5.41) is 0. The van der Waals surface area contributed by atoms with Crippen LogP contribution in [0.3, 0.4) is 0 Å². The molecule has 1 aromatic rings. The fraction of sp³-hybridized carbons (Fsp3) is 0.467. The Morgan fingerprint density at radius 3 is 2.22 bits per heavy atom. The zero-order valence-electron chi connectivity index (χ0n) is 13.7. The van der Waals surface area contributed by atoms with Gasteiger partial charge in [-0.15, -0.1) is 3.89 Å². The summed E-state index contributed by atoms with van der Waals surface area (Å²) in [6, 6.07) is 5.80. The van der Waals surface area contributed by atoms with Crippen molar-refractivity contribution in [3.05, 3.63) is 35.3 Å². The summed E-state index contributed by atoms with van der Waals surface area (Å²) in [6.45, 7) is 7.71. The number of halogens is 1. The second kappa shape index (κ2) is 6.01. The number of hydrogen-bond donors (Lipinski definition) is 1. The van der Waals surface area contributed by atoms with Crippen molar-refractivity contribution < 1.29 is 21.6 Å². The molecular formula is C15H21BFNO4S. The molecule has 0 atom stereocenters. The predicted octanol–water partition coefficient (Wildman–Crippen LogP) is 2.32. The Hall–Kier alpha value is -1.22. The molecule has 126 valence electrons. The lowest BCUT2D eigenvalue weighted by atomic mass is 9.77. The highest BCUT2D eigenvalue weighted by Gasteiger charge is 2.52. The van der Waals surface area contributed by atoms with Crippen LogP contribution in [0.2, 0.25) is 0 Å². The first-order chi connectivity index (χ1) is 10.5. The topological polar surface area (TPSA) is 78.6 Å². The molecular weight excluding hydrogens is 320 g/mol. The molecule has 1 aliphatic heterocycles. The van der Waals surface area contributed by atoms with Gasteiger partial charge in [0.1, 0.15) is 4.90 Å². The van der Waals surface area contributed by atoms with Crippen LogP contribution < -0.4 is 5.73 Å². The lowest BCUT2D eigenvalue weighted by Crippen LogP contribution is -2.41. The first-order valence-electron chi connectivity index (χ1n) is 7.28. The van der Waals surface area contributed by atoms with Crippen LogP contribution in [0.15, 0.2) is 34.6 Å². The minimum Gasteiger partial charge on any atom is -0.400 e. The highest BCUT2D eigenvalue weighted by molar-refractivity contribution is 7.86. The number of benzene rings is 1. The monoisotopic (exact) mass is 341 g/mol. The summed E-state index contributed by atoms with van der Waals surface area (Å²) < 4.78 is 47.7. The molecule has 0 bridgehead atoms. The van der Waals surface area contributed by atoms with Gasteiger partial charge in [0.25, 0.3) is 0 Å². The summed E-state index contributed by atoms with van der Waals surface area (Å²) >= 11 is 0. The van der Waals surface area contributed by atoms with Gasteiger partial charge in [-0.05, 0) is 44.8 Å². The lowest BCUT2D eigenvalue weighted by molar-refractivity contribution is 0.00578. The maximum absolute atomic E-state index is 13.4. The minimum absolute atomic E-state index is 0.0947. The molecule has 0 aliphatic carbocycles. The smallest absolute Gasteiger partial charge is 0.400 e. The van der Waals surface area contributed by atoms with Crippen molar-refractivity contribution in [1.29, 1.82) is 0 Å². The van der Waals surface area contributed by atoms with E-state index in [2.05, 4.69) is 0 Å². The van der Waals surface area contributed by atoms with E-state index >= 15 is 0 Å². The van der Waals surface area contributed by atoms with Crippen molar-refractivity contribution in [3.8, 4) is 0 Å². The molecule has 0 amide bonds. The van der Waals surface area contributed by atoms with E-state index < -0.39 is 33.4 Å². The Kier molecular flexibility index (Phi) is 4.74. The summed E-state index contributed by atoms with van der Waals surface area (Å²) in [6.07, 6.45) is 1.51. The molecule has 1 saturated heterocycles. The van der Waals surface area contributed by atoms with Gasteiger partial charge in [-0.25, -0.2) is 0 Å². The molecule has 1 aliphatic rings. The Morgan fingerprint density at radius 2 is 1.74 bits per heavy atom. The lowest BCUT2D eigenvalue weighted by Gasteiger charge is -2.32. The van der Waals surface area contributed by atoms with Crippen molar-refractivity contribution in [3.63, 3.8) is 0 Å². The Morgan fingerprint density at radius 1 is 1.22 bits per heavy atom. The molecule has 5 nitrogen and oxygen atoms in total. The van der Waals surface area contributed by atoms with E-state index in [-0.39, 0.29) is 12.1 Å². The molecule has 1 aromatic carbocycles. The summed E-state index contributed by atoms with van der Waals surface area (Å²) in [4.78, 5) is -0.400. The van der Waals surface area contributed by atoms with E-state index in [1.807, 2.05) is 27.7 Å². The van der Waals surface area contributed by atoms with Crippen molar-refractivity contribution in [1.82, 2.24) is 0 Å². The van der Waals surface area contributed by atoms with Gasteiger partial charge >= 0.3 is 17.3 Å². The highest BCUT2D eigenvalue weighted by atomic mass is 32.3. The van der Waals surface area contributed by atoms with Gasteiger partial charge in [-0.2, -0.15) is 8.42 Å². The van der Waals surface area contributed by atoms with E-state index in [0.717, 1.165) is 0 Å². The maximum atomic E-state index is 13.4. The van der Waals surface area contributed by atoms with Gasteiger partial charge in [0.2, 0.25) is 0 Å². The number of hydrogen-bond acceptors (Lipinski definition) is 5. The van der Waals surface area contributed by atoms with Crippen LogP contribution in [0.1, 0.15) is 33.3 Å². The molecule has 2 N–H and O–H groups in total. The van der Waals surface area contributed by atoms with Crippen LogP contribution in [0.4, 0.5) is 3.89 Å². The van der Waals surface area contributed by atoms with Gasteiger partial charge in [0.05, 0.1) is 11.2 Å². The second-order valence-electron chi connectivity index (χ2n) is 6.49. The van der Waals surface area contributed by atoms with Crippen molar-refractivity contribution in [2.45, 2.75) is 43.8 Å². The van der Waals surface area contributed by atoms with E-state index in [1.165, 1.54) is 24.3 Å². The van der Waals surface area contributed by atoms with Crippen LogP contribution in [0, 0.1) is 0 Å². The van der Waals surface area contributed by atoms with Gasteiger partial charge in [-0.3, -0.25) is 0 Å². The molecule has 0 radical (unpaired) electrons. The average Bonchev–Trinajstić information content (AvgIpc) is 2.64. The third kappa shape index (κ3) is 3.66. The van der Waals surface area contributed by atoms with E-state index in [4.69, 9.17) is 15.0 Å². The van der Waals surface area contributed by atoms with Gasteiger partial charge in [-0.1, -0.05) is 24.3 Å². The summed E-state index contributed by atoms with van der Waals surface area (Å²) in [5.74, 6) is 0. The van der Waals surface area contributed by atoms with Gasteiger partial charge in [0, 0.05) is 6.54 Å².